The van der Waals surface area contributed by atoms with Gasteiger partial charge >= 0.3 is 0 Å². The summed E-state index contributed by atoms with van der Waals surface area (Å²) in [5.74, 6) is 1.11. The van der Waals surface area contributed by atoms with Gasteiger partial charge in [0.25, 0.3) is 0 Å². The topological polar surface area (TPSA) is 58.4 Å². The van der Waals surface area contributed by atoms with Crippen LogP contribution < -0.4 is 11.2 Å². The Labute approximate surface area is 104 Å². The van der Waals surface area contributed by atoms with E-state index < -0.39 is 0 Å². The second-order valence-electron chi connectivity index (χ2n) is 5.48. The molecule has 4 nitrogen and oxygen atoms in total. The van der Waals surface area contributed by atoms with Crippen LogP contribution in [0.5, 0.6) is 0 Å². The Morgan fingerprint density at radius 1 is 1.12 bits per heavy atom. The highest BCUT2D eigenvalue weighted by Crippen LogP contribution is 2.28. The van der Waals surface area contributed by atoms with E-state index in [1.54, 1.807) is 0 Å². The lowest BCUT2D eigenvalue weighted by atomic mass is 9.82. The van der Waals surface area contributed by atoms with E-state index in [0.717, 1.165) is 45.3 Å². The standard InChI is InChI=1S/C13H25N3O/c14-10-11-4-6-12(7-5-11)13(17)15-16-8-2-1-3-9-16/h11-12H,1-10,14H2,(H,15,17). The highest BCUT2D eigenvalue weighted by atomic mass is 16.2. The van der Waals surface area contributed by atoms with Crippen LogP contribution in [-0.4, -0.2) is 30.6 Å². The van der Waals surface area contributed by atoms with E-state index >= 15 is 0 Å². The molecule has 1 aliphatic carbocycles. The van der Waals surface area contributed by atoms with Crippen LogP contribution in [0.3, 0.4) is 0 Å². The van der Waals surface area contributed by atoms with Crippen LogP contribution in [0.2, 0.25) is 0 Å². The van der Waals surface area contributed by atoms with Gasteiger partial charge in [-0.25, -0.2) is 5.01 Å². The van der Waals surface area contributed by atoms with Crippen molar-refractivity contribution in [2.45, 2.75) is 44.9 Å². The Hall–Kier alpha value is -0.610. The summed E-state index contributed by atoms with van der Waals surface area (Å²) in [6.45, 7) is 2.81. The van der Waals surface area contributed by atoms with Gasteiger partial charge in [-0.1, -0.05) is 6.42 Å². The van der Waals surface area contributed by atoms with Crippen LogP contribution in [-0.2, 0) is 4.79 Å². The lowest BCUT2D eigenvalue weighted by molar-refractivity contribution is -0.131. The predicted octanol–water partition coefficient (Wildman–Crippen LogP) is 1.27. The number of carbonyl (C=O) groups excluding carboxylic acids is 1. The summed E-state index contributed by atoms with van der Waals surface area (Å²) in [5.41, 5.74) is 8.75. The molecule has 0 bridgehead atoms. The van der Waals surface area contributed by atoms with E-state index in [9.17, 15) is 4.79 Å². The molecule has 1 amide bonds. The molecule has 0 aromatic carbocycles. The van der Waals surface area contributed by atoms with Crippen LogP contribution in [0.1, 0.15) is 44.9 Å². The van der Waals surface area contributed by atoms with Crippen molar-refractivity contribution in [2.75, 3.05) is 19.6 Å². The summed E-state index contributed by atoms with van der Waals surface area (Å²) in [5, 5.41) is 2.10. The normalized spacial score (nSPS) is 31.1. The molecule has 0 unspecified atom stereocenters. The molecule has 1 aliphatic heterocycles. The molecule has 0 radical (unpaired) electrons. The number of piperidine rings is 1. The van der Waals surface area contributed by atoms with Crippen molar-refractivity contribution < 1.29 is 4.79 Å². The Bertz CT molecular complexity index is 243. The minimum Gasteiger partial charge on any atom is -0.330 e. The number of amides is 1. The first kappa shape index (κ1) is 12.8. The number of hydrogen-bond acceptors (Lipinski definition) is 3. The SMILES string of the molecule is NCC1CCC(C(=O)NN2CCCCC2)CC1. The van der Waals surface area contributed by atoms with Gasteiger partial charge in [0, 0.05) is 19.0 Å². The Kier molecular flexibility index (Phi) is 4.80. The molecule has 0 aromatic rings. The third-order valence-corrected chi connectivity index (χ3v) is 4.18. The van der Waals surface area contributed by atoms with E-state index in [-0.39, 0.29) is 11.8 Å². The minimum atomic E-state index is 0.222. The summed E-state index contributed by atoms with van der Waals surface area (Å²) >= 11 is 0. The van der Waals surface area contributed by atoms with Crippen molar-refractivity contribution in [3.63, 3.8) is 0 Å². The first-order valence-electron chi connectivity index (χ1n) is 7.05. The zero-order valence-corrected chi connectivity index (χ0v) is 10.7. The molecule has 1 heterocycles. The highest BCUT2D eigenvalue weighted by Gasteiger charge is 2.26. The molecule has 2 aliphatic rings. The molecule has 4 heteroatoms. The lowest BCUT2D eigenvalue weighted by Crippen LogP contribution is -2.47. The van der Waals surface area contributed by atoms with Crippen molar-refractivity contribution in [1.29, 1.82) is 0 Å². The number of nitrogens with one attached hydrogen (secondary N) is 1. The molecule has 3 N–H and O–H groups in total. The summed E-state index contributed by atoms with van der Waals surface area (Å²) in [4.78, 5) is 12.1. The predicted molar refractivity (Wildman–Crippen MR) is 68.1 cm³/mol. The molecule has 0 aromatic heterocycles. The molecule has 1 saturated carbocycles. The summed E-state index contributed by atoms with van der Waals surface area (Å²) in [6, 6.07) is 0. The van der Waals surface area contributed by atoms with E-state index in [4.69, 9.17) is 5.73 Å². The van der Waals surface area contributed by atoms with Crippen molar-refractivity contribution >= 4 is 5.91 Å². The van der Waals surface area contributed by atoms with Crippen molar-refractivity contribution in [1.82, 2.24) is 10.4 Å². The van der Waals surface area contributed by atoms with E-state index in [1.165, 1.54) is 19.3 Å². The minimum absolute atomic E-state index is 0.222. The highest BCUT2D eigenvalue weighted by molar-refractivity contribution is 5.78. The molecular formula is C13H25N3O. The van der Waals surface area contributed by atoms with Gasteiger partial charge in [-0.05, 0) is 51.0 Å². The van der Waals surface area contributed by atoms with Crippen LogP contribution in [0.25, 0.3) is 0 Å². The quantitative estimate of drug-likeness (QED) is 0.779. The molecule has 0 spiro atoms. The van der Waals surface area contributed by atoms with Crippen LogP contribution in [0, 0.1) is 11.8 Å². The van der Waals surface area contributed by atoms with Gasteiger partial charge in [0.2, 0.25) is 5.91 Å². The average Bonchev–Trinajstić information content (AvgIpc) is 2.40. The Morgan fingerprint density at radius 3 is 2.35 bits per heavy atom. The van der Waals surface area contributed by atoms with Gasteiger partial charge in [-0.2, -0.15) is 0 Å². The van der Waals surface area contributed by atoms with Crippen molar-refractivity contribution in [2.24, 2.45) is 17.6 Å². The van der Waals surface area contributed by atoms with Gasteiger partial charge in [-0.15, -0.1) is 0 Å². The van der Waals surface area contributed by atoms with Crippen molar-refractivity contribution in [3.05, 3.63) is 0 Å². The second kappa shape index (κ2) is 6.36. The molecular weight excluding hydrogens is 214 g/mol. The fraction of sp³-hybridized carbons (Fsp3) is 0.923. The maximum absolute atomic E-state index is 12.1. The number of carbonyl (C=O) groups is 1. The van der Waals surface area contributed by atoms with Gasteiger partial charge < -0.3 is 5.73 Å². The molecule has 98 valence electrons. The monoisotopic (exact) mass is 239 g/mol. The third-order valence-electron chi connectivity index (χ3n) is 4.18. The summed E-state index contributed by atoms with van der Waals surface area (Å²) < 4.78 is 0. The number of hydrazine groups is 1. The van der Waals surface area contributed by atoms with Crippen LogP contribution >= 0.6 is 0 Å². The maximum atomic E-state index is 12.1. The molecule has 1 saturated heterocycles. The Morgan fingerprint density at radius 2 is 1.76 bits per heavy atom. The van der Waals surface area contributed by atoms with Gasteiger partial charge in [0.05, 0.1) is 0 Å². The second-order valence-corrected chi connectivity index (χ2v) is 5.48. The lowest BCUT2D eigenvalue weighted by Gasteiger charge is -2.31. The number of hydrogen-bond donors (Lipinski definition) is 2. The molecule has 2 fully saturated rings. The maximum Gasteiger partial charge on any atom is 0.237 e. The van der Waals surface area contributed by atoms with E-state index in [1.807, 2.05) is 0 Å². The fourth-order valence-electron chi connectivity index (χ4n) is 2.91. The molecule has 2 rings (SSSR count). The number of rotatable bonds is 3. The summed E-state index contributed by atoms with van der Waals surface area (Å²) in [6.07, 6.45) is 7.99. The van der Waals surface area contributed by atoms with Gasteiger partial charge in [0.1, 0.15) is 0 Å². The number of nitrogens with zero attached hydrogens (tertiary/aromatic N) is 1. The Balaban J connectivity index is 1.72. The zero-order valence-electron chi connectivity index (χ0n) is 10.7. The van der Waals surface area contributed by atoms with Gasteiger partial charge in [0.15, 0.2) is 0 Å². The van der Waals surface area contributed by atoms with E-state index in [0.29, 0.717) is 5.92 Å². The van der Waals surface area contributed by atoms with E-state index in [2.05, 4.69) is 10.4 Å². The fourth-order valence-corrected chi connectivity index (χ4v) is 2.91. The summed E-state index contributed by atoms with van der Waals surface area (Å²) in [7, 11) is 0. The zero-order chi connectivity index (χ0) is 12.1. The number of nitrogens with two attached hydrogens (primary N) is 1. The van der Waals surface area contributed by atoms with Crippen LogP contribution in [0.4, 0.5) is 0 Å². The molecule has 17 heavy (non-hydrogen) atoms. The first-order chi connectivity index (χ1) is 8.29. The van der Waals surface area contributed by atoms with Crippen LogP contribution in [0.15, 0.2) is 0 Å². The average molecular weight is 239 g/mol. The third kappa shape index (κ3) is 3.68. The first-order valence-corrected chi connectivity index (χ1v) is 7.05. The van der Waals surface area contributed by atoms with Gasteiger partial charge in [-0.3, -0.25) is 10.2 Å². The smallest absolute Gasteiger partial charge is 0.237 e. The largest absolute Gasteiger partial charge is 0.330 e. The van der Waals surface area contributed by atoms with Crippen molar-refractivity contribution in [3.8, 4) is 0 Å². The molecule has 0 atom stereocenters.